The Hall–Kier alpha value is -2.87. The zero-order valence-corrected chi connectivity index (χ0v) is 13.9. The average Bonchev–Trinajstić information content (AvgIpc) is 3.38. The van der Waals surface area contributed by atoms with Crippen molar-refractivity contribution in [1.29, 1.82) is 0 Å². The van der Waals surface area contributed by atoms with Gasteiger partial charge < -0.3 is 19.8 Å². The molecule has 1 fully saturated rings. The van der Waals surface area contributed by atoms with Gasteiger partial charge in [-0.3, -0.25) is 4.79 Å². The highest BCUT2D eigenvalue weighted by Crippen LogP contribution is 2.30. The van der Waals surface area contributed by atoms with Crippen molar-refractivity contribution in [3.8, 4) is 5.75 Å². The van der Waals surface area contributed by atoms with E-state index in [4.69, 9.17) is 14.9 Å². The maximum Gasteiger partial charge on any atom is 0.289 e. The standard InChI is InChI=1S/C17H19N5O3/c1-24-14-4-2-3-11-7-15(25-16(11)14)17(23)21-6-5-13(10-21)22-9-12(8-18)19-20-22/h2-4,7,9,13H,5-6,8,10,18H2,1H3. The van der Waals surface area contributed by atoms with Crippen LogP contribution in [-0.4, -0.2) is 46.0 Å². The summed E-state index contributed by atoms with van der Waals surface area (Å²) in [5, 5.41) is 8.96. The lowest BCUT2D eigenvalue weighted by atomic mass is 10.2. The molecule has 1 atom stereocenters. The van der Waals surface area contributed by atoms with Gasteiger partial charge in [0.25, 0.3) is 5.91 Å². The predicted molar refractivity (Wildman–Crippen MR) is 90.2 cm³/mol. The summed E-state index contributed by atoms with van der Waals surface area (Å²) in [6.45, 7) is 1.58. The summed E-state index contributed by atoms with van der Waals surface area (Å²) in [7, 11) is 1.58. The molecule has 1 unspecified atom stereocenters. The highest BCUT2D eigenvalue weighted by Gasteiger charge is 2.30. The Balaban J connectivity index is 1.53. The zero-order chi connectivity index (χ0) is 17.4. The van der Waals surface area contributed by atoms with Crippen molar-refractivity contribution in [1.82, 2.24) is 19.9 Å². The Morgan fingerprint density at radius 3 is 3.12 bits per heavy atom. The van der Waals surface area contributed by atoms with E-state index in [1.165, 1.54) is 0 Å². The summed E-state index contributed by atoms with van der Waals surface area (Å²) in [4.78, 5) is 14.6. The minimum Gasteiger partial charge on any atom is -0.493 e. The second kappa shape index (κ2) is 6.21. The number of nitrogens with two attached hydrogens (primary N) is 1. The van der Waals surface area contributed by atoms with Crippen molar-refractivity contribution in [3.63, 3.8) is 0 Å². The number of likely N-dealkylation sites (tertiary alicyclic amines) is 1. The number of nitrogens with zero attached hydrogens (tertiary/aromatic N) is 4. The first-order valence-corrected chi connectivity index (χ1v) is 8.16. The molecule has 0 bridgehead atoms. The van der Waals surface area contributed by atoms with Gasteiger partial charge in [-0.15, -0.1) is 5.10 Å². The molecule has 1 aromatic carbocycles. The van der Waals surface area contributed by atoms with Crippen LogP contribution in [0.5, 0.6) is 5.75 Å². The van der Waals surface area contributed by atoms with E-state index < -0.39 is 0 Å². The van der Waals surface area contributed by atoms with Gasteiger partial charge in [0, 0.05) is 25.0 Å². The van der Waals surface area contributed by atoms with Gasteiger partial charge in [0.15, 0.2) is 17.1 Å². The third-order valence-electron chi connectivity index (χ3n) is 4.53. The van der Waals surface area contributed by atoms with E-state index in [9.17, 15) is 4.79 Å². The molecule has 1 saturated heterocycles. The van der Waals surface area contributed by atoms with Crippen LogP contribution < -0.4 is 10.5 Å². The van der Waals surface area contributed by atoms with Crippen LogP contribution in [0.2, 0.25) is 0 Å². The Morgan fingerprint density at radius 1 is 1.48 bits per heavy atom. The molecule has 130 valence electrons. The SMILES string of the molecule is COc1cccc2cc(C(=O)N3CCC(n4cc(CN)nn4)C3)oc12. The van der Waals surface area contributed by atoms with Gasteiger partial charge in [-0.05, 0) is 18.6 Å². The molecule has 8 heteroatoms. The summed E-state index contributed by atoms with van der Waals surface area (Å²) in [5.74, 6) is 0.814. The molecular weight excluding hydrogens is 322 g/mol. The number of para-hydroxylation sites is 1. The van der Waals surface area contributed by atoms with Gasteiger partial charge in [-0.2, -0.15) is 0 Å². The fraction of sp³-hybridized carbons (Fsp3) is 0.353. The molecule has 0 aliphatic carbocycles. The van der Waals surface area contributed by atoms with Crippen LogP contribution >= 0.6 is 0 Å². The van der Waals surface area contributed by atoms with Crippen LogP contribution in [0.4, 0.5) is 0 Å². The zero-order valence-electron chi connectivity index (χ0n) is 13.9. The molecule has 0 saturated carbocycles. The number of aromatic nitrogens is 3. The van der Waals surface area contributed by atoms with Gasteiger partial charge in [0.2, 0.25) is 0 Å². The van der Waals surface area contributed by atoms with E-state index in [0.29, 0.717) is 36.7 Å². The quantitative estimate of drug-likeness (QED) is 0.773. The second-order valence-electron chi connectivity index (χ2n) is 6.08. The summed E-state index contributed by atoms with van der Waals surface area (Å²) in [5.41, 5.74) is 6.91. The van der Waals surface area contributed by atoms with Crippen LogP contribution in [0.15, 0.2) is 34.9 Å². The highest BCUT2D eigenvalue weighted by atomic mass is 16.5. The molecule has 0 spiro atoms. The highest BCUT2D eigenvalue weighted by molar-refractivity contribution is 5.97. The number of benzene rings is 1. The van der Waals surface area contributed by atoms with Crippen molar-refractivity contribution < 1.29 is 13.9 Å². The second-order valence-corrected chi connectivity index (χ2v) is 6.08. The van der Waals surface area contributed by atoms with Gasteiger partial charge in [0.1, 0.15) is 0 Å². The molecule has 1 amide bonds. The Kier molecular flexibility index (Phi) is 3.89. The molecule has 4 rings (SSSR count). The smallest absolute Gasteiger partial charge is 0.289 e. The van der Waals surface area contributed by atoms with Crippen molar-refractivity contribution in [2.24, 2.45) is 5.73 Å². The number of methoxy groups -OCH3 is 1. The number of furan rings is 1. The van der Waals surface area contributed by atoms with Crippen molar-refractivity contribution in [2.45, 2.75) is 19.0 Å². The predicted octanol–water partition coefficient (Wildman–Crippen LogP) is 1.58. The largest absolute Gasteiger partial charge is 0.493 e. The molecule has 8 nitrogen and oxygen atoms in total. The topological polar surface area (TPSA) is 99.4 Å². The van der Waals surface area contributed by atoms with Gasteiger partial charge >= 0.3 is 0 Å². The van der Waals surface area contributed by atoms with Crippen molar-refractivity contribution in [2.75, 3.05) is 20.2 Å². The lowest BCUT2D eigenvalue weighted by Gasteiger charge is -2.14. The van der Waals surface area contributed by atoms with Gasteiger partial charge in [-0.1, -0.05) is 17.3 Å². The average molecular weight is 341 g/mol. The normalized spacial score (nSPS) is 17.4. The van der Waals surface area contributed by atoms with E-state index in [-0.39, 0.29) is 11.9 Å². The number of hydrogen-bond acceptors (Lipinski definition) is 6. The molecular formula is C17H19N5O3. The van der Waals surface area contributed by atoms with E-state index in [1.54, 1.807) is 22.8 Å². The summed E-state index contributed by atoms with van der Waals surface area (Å²) in [6.07, 6.45) is 2.66. The number of fused-ring (bicyclic) bond motifs is 1. The molecule has 0 radical (unpaired) electrons. The summed E-state index contributed by atoms with van der Waals surface area (Å²) in [6, 6.07) is 7.45. The maximum absolute atomic E-state index is 12.8. The van der Waals surface area contributed by atoms with E-state index >= 15 is 0 Å². The van der Waals surface area contributed by atoms with E-state index in [2.05, 4.69) is 10.3 Å². The van der Waals surface area contributed by atoms with Gasteiger partial charge in [-0.25, -0.2) is 4.68 Å². The third-order valence-corrected chi connectivity index (χ3v) is 4.53. The molecule has 2 aromatic heterocycles. The first kappa shape index (κ1) is 15.6. The number of carbonyl (C=O) groups excluding carboxylic acids is 1. The fourth-order valence-electron chi connectivity index (χ4n) is 3.19. The summed E-state index contributed by atoms with van der Waals surface area (Å²) >= 11 is 0. The minimum atomic E-state index is -0.125. The van der Waals surface area contributed by atoms with Crippen LogP contribution in [0.25, 0.3) is 11.0 Å². The Labute approximate surface area is 144 Å². The first-order chi connectivity index (χ1) is 12.2. The van der Waals surface area contributed by atoms with Crippen molar-refractivity contribution in [3.05, 3.63) is 41.9 Å². The number of amides is 1. The Morgan fingerprint density at radius 2 is 2.36 bits per heavy atom. The van der Waals surface area contributed by atoms with Gasteiger partial charge in [0.05, 0.1) is 25.0 Å². The summed E-state index contributed by atoms with van der Waals surface area (Å²) < 4.78 is 12.8. The molecule has 3 aromatic rings. The number of carbonyl (C=O) groups is 1. The Bertz CT molecular complexity index is 916. The molecule has 1 aliphatic heterocycles. The third kappa shape index (κ3) is 2.74. The van der Waals surface area contributed by atoms with Crippen molar-refractivity contribution >= 4 is 16.9 Å². The van der Waals surface area contributed by atoms with Crippen LogP contribution in [-0.2, 0) is 6.54 Å². The molecule has 2 N–H and O–H groups in total. The molecule has 25 heavy (non-hydrogen) atoms. The lowest BCUT2D eigenvalue weighted by Crippen LogP contribution is -2.28. The van der Waals surface area contributed by atoms with E-state index in [0.717, 1.165) is 17.5 Å². The van der Waals surface area contributed by atoms with E-state index in [1.807, 2.05) is 24.4 Å². The molecule has 1 aliphatic rings. The van der Waals surface area contributed by atoms with Crippen LogP contribution in [0.3, 0.4) is 0 Å². The first-order valence-electron chi connectivity index (χ1n) is 8.16. The maximum atomic E-state index is 12.8. The lowest BCUT2D eigenvalue weighted by molar-refractivity contribution is 0.0757. The monoisotopic (exact) mass is 341 g/mol. The number of ether oxygens (including phenoxy) is 1. The fourth-order valence-corrected chi connectivity index (χ4v) is 3.19. The molecule has 3 heterocycles. The van der Waals surface area contributed by atoms with Crippen LogP contribution in [0.1, 0.15) is 28.7 Å². The van der Waals surface area contributed by atoms with Crippen LogP contribution in [0, 0.1) is 0 Å². The number of hydrogen-bond donors (Lipinski definition) is 1. The number of rotatable bonds is 4. The minimum absolute atomic E-state index is 0.107.